The molecule has 9 heteroatoms. The number of carbonyl (C=O) groups excluding carboxylic acids is 2. The van der Waals surface area contributed by atoms with Gasteiger partial charge in [-0.05, 0) is 65.9 Å². The van der Waals surface area contributed by atoms with Gasteiger partial charge in [-0.1, -0.05) is 36.4 Å². The minimum Gasteiger partial charge on any atom is -0.497 e. The second-order valence-corrected chi connectivity index (χ2v) is 9.62. The zero-order valence-corrected chi connectivity index (χ0v) is 21.9. The first-order chi connectivity index (χ1) is 19.4. The van der Waals surface area contributed by atoms with Crippen LogP contribution in [0.5, 0.6) is 5.75 Å². The SMILES string of the molecule is COc1cccc(C2CCN(CCCOC(c3ccc(F)cc3)c3ccc(F)cc3)C23OC(=O)C=CC(=O)O3)c1. The number of hydrogen-bond donors (Lipinski definition) is 0. The predicted octanol–water partition coefficient (Wildman–Crippen LogP) is 5.27. The van der Waals surface area contributed by atoms with E-state index in [2.05, 4.69) is 0 Å². The van der Waals surface area contributed by atoms with Crippen LogP contribution in [0.2, 0.25) is 0 Å². The molecule has 0 bridgehead atoms. The van der Waals surface area contributed by atoms with E-state index < -0.39 is 29.9 Å². The van der Waals surface area contributed by atoms with Gasteiger partial charge in [0.15, 0.2) is 0 Å². The van der Waals surface area contributed by atoms with Crippen LogP contribution in [-0.4, -0.2) is 49.6 Å². The first-order valence-corrected chi connectivity index (χ1v) is 13.0. The highest BCUT2D eigenvalue weighted by molar-refractivity contribution is 5.93. The summed E-state index contributed by atoms with van der Waals surface area (Å²) in [5, 5.41) is 0. The molecule has 0 amide bonds. The molecule has 5 rings (SSSR count). The molecule has 0 N–H and O–H groups in total. The number of esters is 2. The maximum absolute atomic E-state index is 13.6. The van der Waals surface area contributed by atoms with Crippen molar-refractivity contribution < 1.29 is 37.3 Å². The Morgan fingerprint density at radius 3 is 2.10 bits per heavy atom. The van der Waals surface area contributed by atoms with Crippen molar-refractivity contribution in [3.05, 3.63) is 113 Å². The molecule has 2 aliphatic heterocycles. The van der Waals surface area contributed by atoms with Crippen molar-refractivity contribution in [1.29, 1.82) is 0 Å². The molecule has 3 aromatic carbocycles. The van der Waals surface area contributed by atoms with Crippen LogP contribution in [0.4, 0.5) is 8.78 Å². The zero-order chi connectivity index (χ0) is 28.1. The number of hydrogen-bond acceptors (Lipinski definition) is 7. The quantitative estimate of drug-likeness (QED) is 0.266. The first-order valence-electron chi connectivity index (χ1n) is 13.0. The van der Waals surface area contributed by atoms with Gasteiger partial charge < -0.3 is 18.9 Å². The Kier molecular flexibility index (Phi) is 8.23. The third-order valence-electron chi connectivity index (χ3n) is 7.12. The van der Waals surface area contributed by atoms with Gasteiger partial charge >= 0.3 is 17.8 Å². The molecule has 1 saturated heterocycles. The zero-order valence-electron chi connectivity index (χ0n) is 21.9. The summed E-state index contributed by atoms with van der Waals surface area (Å²) in [6.45, 7) is 1.17. The highest BCUT2D eigenvalue weighted by atomic mass is 19.1. The van der Waals surface area contributed by atoms with Gasteiger partial charge in [-0.3, -0.25) is 0 Å². The van der Waals surface area contributed by atoms with Gasteiger partial charge in [0.1, 0.15) is 23.5 Å². The van der Waals surface area contributed by atoms with Gasteiger partial charge in [0.05, 0.1) is 13.0 Å². The summed E-state index contributed by atoms with van der Waals surface area (Å²) in [6, 6.07) is 19.3. The van der Waals surface area contributed by atoms with Crippen LogP contribution in [0, 0.1) is 11.6 Å². The second-order valence-electron chi connectivity index (χ2n) is 9.62. The Labute approximate surface area is 230 Å². The second kappa shape index (κ2) is 12.0. The third kappa shape index (κ3) is 5.90. The lowest BCUT2D eigenvalue weighted by Crippen LogP contribution is -2.53. The van der Waals surface area contributed by atoms with Crippen LogP contribution < -0.4 is 4.74 Å². The fourth-order valence-corrected chi connectivity index (χ4v) is 5.25. The van der Waals surface area contributed by atoms with Gasteiger partial charge in [-0.25, -0.2) is 23.3 Å². The van der Waals surface area contributed by atoms with Gasteiger partial charge in [0.25, 0.3) is 0 Å². The van der Waals surface area contributed by atoms with Gasteiger partial charge in [0.2, 0.25) is 0 Å². The van der Waals surface area contributed by atoms with Crippen LogP contribution in [0.1, 0.15) is 41.6 Å². The molecule has 1 fully saturated rings. The molecule has 0 aliphatic carbocycles. The number of rotatable bonds is 9. The van der Waals surface area contributed by atoms with E-state index >= 15 is 0 Å². The Morgan fingerprint density at radius 2 is 1.52 bits per heavy atom. The molecular formula is C31H29F2NO6. The number of nitrogens with zero attached hydrogens (tertiary/aromatic N) is 1. The van der Waals surface area contributed by atoms with Crippen molar-refractivity contribution in [2.45, 2.75) is 30.8 Å². The standard InChI is InChI=1S/C31H29F2NO6/c1-37-26-5-2-4-23(20-26)27-16-18-34(31(27)39-28(35)14-15-29(36)40-31)17-3-19-38-30(21-6-10-24(32)11-7-21)22-8-12-25(33)13-9-22/h2,4-15,20,27,30H,3,16-19H2,1H3. The Balaban J connectivity index is 1.33. The maximum atomic E-state index is 13.6. The van der Waals surface area contributed by atoms with Gasteiger partial charge in [0, 0.05) is 31.8 Å². The Bertz CT molecular complexity index is 1310. The molecular weight excluding hydrogens is 520 g/mol. The summed E-state index contributed by atoms with van der Waals surface area (Å²) in [6.07, 6.45) is 2.65. The minimum absolute atomic E-state index is 0.274. The maximum Gasteiger partial charge on any atom is 0.335 e. The van der Waals surface area contributed by atoms with Crippen molar-refractivity contribution in [1.82, 2.24) is 4.90 Å². The topological polar surface area (TPSA) is 74.3 Å². The van der Waals surface area contributed by atoms with E-state index in [9.17, 15) is 18.4 Å². The van der Waals surface area contributed by atoms with E-state index in [1.165, 1.54) is 24.3 Å². The van der Waals surface area contributed by atoms with Crippen LogP contribution in [0.15, 0.2) is 84.9 Å². The van der Waals surface area contributed by atoms with Crippen molar-refractivity contribution in [3.8, 4) is 5.75 Å². The third-order valence-corrected chi connectivity index (χ3v) is 7.12. The van der Waals surface area contributed by atoms with E-state index in [1.807, 2.05) is 29.2 Å². The van der Waals surface area contributed by atoms with E-state index in [0.717, 1.165) is 28.8 Å². The summed E-state index contributed by atoms with van der Waals surface area (Å²) >= 11 is 0. The monoisotopic (exact) mass is 549 g/mol. The minimum atomic E-state index is -1.63. The highest BCUT2D eigenvalue weighted by Gasteiger charge is 2.56. The molecule has 0 aromatic heterocycles. The average Bonchev–Trinajstić information content (AvgIpc) is 3.21. The van der Waals surface area contributed by atoms with Crippen LogP contribution in [0.25, 0.3) is 0 Å². The predicted molar refractivity (Wildman–Crippen MR) is 141 cm³/mol. The Hall–Kier alpha value is -4.08. The molecule has 7 nitrogen and oxygen atoms in total. The Morgan fingerprint density at radius 1 is 0.925 bits per heavy atom. The van der Waals surface area contributed by atoms with Crippen molar-refractivity contribution >= 4 is 11.9 Å². The lowest BCUT2D eigenvalue weighted by atomic mass is 9.94. The van der Waals surface area contributed by atoms with E-state index in [4.69, 9.17) is 18.9 Å². The lowest BCUT2D eigenvalue weighted by molar-refractivity contribution is -0.276. The summed E-state index contributed by atoms with van der Waals surface area (Å²) in [5.41, 5.74) is 2.26. The summed E-state index contributed by atoms with van der Waals surface area (Å²) in [4.78, 5) is 26.9. The van der Waals surface area contributed by atoms with E-state index in [0.29, 0.717) is 31.7 Å². The summed E-state index contributed by atoms with van der Waals surface area (Å²) in [5.74, 6) is -3.51. The van der Waals surface area contributed by atoms with Crippen molar-refractivity contribution in [3.63, 3.8) is 0 Å². The van der Waals surface area contributed by atoms with Crippen LogP contribution in [0.3, 0.4) is 0 Å². The number of ether oxygens (including phenoxy) is 4. The molecule has 2 aliphatic rings. The molecule has 2 heterocycles. The smallest absolute Gasteiger partial charge is 0.335 e. The van der Waals surface area contributed by atoms with Crippen molar-refractivity contribution in [2.24, 2.45) is 0 Å². The van der Waals surface area contributed by atoms with Crippen LogP contribution >= 0.6 is 0 Å². The van der Waals surface area contributed by atoms with Gasteiger partial charge in [-0.15, -0.1) is 0 Å². The molecule has 208 valence electrons. The number of benzene rings is 3. The fraction of sp³-hybridized carbons (Fsp3) is 0.290. The molecule has 40 heavy (non-hydrogen) atoms. The number of halogens is 2. The van der Waals surface area contributed by atoms with Crippen molar-refractivity contribution in [2.75, 3.05) is 26.8 Å². The molecule has 0 radical (unpaired) electrons. The highest BCUT2D eigenvalue weighted by Crippen LogP contribution is 2.45. The van der Waals surface area contributed by atoms with Gasteiger partial charge in [-0.2, -0.15) is 0 Å². The normalized spacial score (nSPS) is 18.6. The molecule has 1 spiro atoms. The largest absolute Gasteiger partial charge is 0.497 e. The number of carbonyl (C=O) groups is 2. The van der Waals surface area contributed by atoms with Crippen LogP contribution in [-0.2, 0) is 23.8 Å². The summed E-state index contributed by atoms with van der Waals surface area (Å²) < 4.78 is 50.4. The van der Waals surface area contributed by atoms with E-state index in [1.54, 1.807) is 31.4 Å². The molecule has 1 atom stereocenters. The molecule has 0 saturated carbocycles. The lowest BCUT2D eigenvalue weighted by Gasteiger charge is -2.39. The molecule has 3 aromatic rings. The van der Waals surface area contributed by atoms with E-state index in [-0.39, 0.29) is 18.2 Å². The molecule has 1 unspecified atom stereocenters. The number of methoxy groups -OCH3 is 1. The number of likely N-dealkylation sites (tertiary alicyclic amines) is 1. The summed E-state index contributed by atoms with van der Waals surface area (Å²) in [7, 11) is 1.57. The average molecular weight is 550 g/mol. The fourth-order valence-electron chi connectivity index (χ4n) is 5.25. The first kappa shape index (κ1) is 27.5.